The second-order valence-corrected chi connectivity index (χ2v) is 11.5. The lowest BCUT2D eigenvalue weighted by Gasteiger charge is -2.24. The Bertz CT molecular complexity index is 918. The Balaban J connectivity index is 1.02. The van der Waals surface area contributed by atoms with Crippen LogP contribution < -0.4 is 0 Å². The minimum Gasteiger partial charge on any atom is -0.504 e. The monoisotopic (exact) mass is 524 g/mol. The standard InChI is InChI=1S/C32H48N2O4/c35-29-15-13-25(23-31(29)37)21-27-11-9-19-33(27)17-7-5-3-1-2-4-6-8-18-34-20-10-12-28(34)22-26-14-16-30(36)32(38)24-26/h13-16,23-24,27-28,35-38H,1-12,17-22H2. The summed E-state index contributed by atoms with van der Waals surface area (Å²) in [7, 11) is 0. The van der Waals surface area contributed by atoms with Crippen LogP contribution in [0.4, 0.5) is 0 Å². The van der Waals surface area contributed by atoms with Gasteiger partial charge in [0.1, 0.15) is 0 Å². The van der Waals surface area contributed by atoms with Crippen molar-refractivity contribution in [1.29, 1.82) is 0 Å². The van der Waals surface area contributed by atoms with E-state index in [4.69, 9.17) is 0 Å². The molecule has 0 bridgehead atoms. The maximum atomic E-state index is 9.78. The number of benzene rings is 2. The molecule has 6 nitrogen and oxygen atoms in total. The van der Waals surface area contributed by atoms with E-state index in [2.05, 4.69) is 9.80 Å². The molecule has 2 aromatic rings. The summed E-state index contributed by atoms with van der Waals surface area (Å²) in [6.07, 6.45) is 17.4. The Kier molecular flexibility index (Phi) is 11.0. The molecule has 38 heavy (non-hydrogen) atoms. The first-order valence-corrected chi connectivity index (χ1v) is 15.0. The lowest BCUT2D eigenvalue weighted by molar-refractivity contribution is 0.245. The first kappa shape index (κ1) is 28.6. The second-order valence-electron chi connectivity index (χ2n) is 11.5. The number of hydrogen-bond acceptors (Lipinski definition) is 6. The Hall–Kier alpha value is -2.44. The van der Waals surface area contributed by atoms with Gasteiger partial charge in [0.15, 0.2) is 23.0 Å². The van der Waals surface area contributed by atoms with Crippen LogP contribution in [0.2, 0.25) is 0 Å². The van der Waals surface area contributed by atoms with Gasteiger partial charge in [0.05, 0.1) is 0 Å². The molecule has 2 heterocycles. The Morgan fingerprint density at radius 3 is 1.32 bits per heavy atom. The zero-order valence-corrected chi connectivity index (χ0v) is 23.0. The van der Waals surface area contributed by atoms with Crippen LogP contribution in [0, 0.1) is 0 Å². The van der Waals surface area contributed by atoms with Crippen LogP contribution in [0.1, 0.15) is 88.2 Å². The molecule has 0 spiro atoms. The lowest BCUT2D eigenvalue weighted by atomic mass is 10.0. The van der Waals surface area contributed by atoms with E-state index in [1.54, 1.807) is 24.3 Å². The van der Waals surface area contributed by atoms with Crippen LogP contribution in [0.15, 0.2) is 36.4 Å². The molecule has 2 atom stereocenters. The van der Waals surface area contributed by atoms with Crippen LogP contribution >= 0.6 is 0 Å². The van der Waals surface area contributed by atoms with E-state index in [-0.39, 0.29) is 23.0 Å². The first-order chi connectivity index (χ1) is 18.5. The predicted octanol–water partition coefficient (Wildman–Crippen LogP) is 6.34. The molecule has 0 saturated carbocycles. The van der Waals surface area contributed by atoms with Crippen LogP contribution in [-0.4, -0.2) is 68.5 Å². The zero-order chi connectivity index (χ0) is 26.7. The number of unbranched alkanes of at least 4 members (excludes halogenated alkanes) is 7. The van der Waals surface area contributed by atoms with Crippen LogP contribution in [0.5, 0.6) is 23.0 Å². The normalized spacial score (nSPS) is 20.4. The van der Waals surface area contributed by atoms with Gasteiger partial charge in [-0.15, -0.1) is 0 Å². The molecule has 2 unspecified atom stereocenters. The molecule has 0 aliphatic carbocycles. The minimum atomic E-state index is -0.0400. The number of likely N-dealkylation sites (tertiary alicyclic amines) is 2. The van der Waals surface area contributed by atoms with Crippen molar-refractivity contribution in [2.75, 3.05) is 26.2 Å². The highest BCUT2D eigenvalue weighted by Crippen LogP contribution is 2.29. The molecule has 2 aliphatic rings. The van der Waals surface area contributed by atoms with E-state index in [1.807, 2.05) is 12.1 Å². The van der Waals surface area contributed by atoms with Gasteiger partial charge in [-0.1, -0.05) is 50.7 Å². The molecule has 2 aliphatic heterocycles. The van der Waals surface area contributed by atoms with Gasteiger partial charge in [0, 0.05) is 12.1 Å². The van der Waals surface area contributed by atoms with Crippen molar-refractivity contribution in [3.05, 3.63) is 47.5 Å². The minimum absolute atomic E-state index is 0.0141. The van der Waals surface area contributed by atoms with Gasteiger partial charge in [-0.05, 0) is 113 Å². The lowest BCUT2D eigenvalue weighted by Crippen LogP contribution is -2.32. The van der Waals surface area contributed by atoms with E-state index >= 15 is 0 Å². The summed E-state index contributed by atoms with van der Waals surface area (Å²) in [4.78, 5) is 5.25. The summed E-state index contributed by atoms with van der Waals surface area (Å²) >= 11 is 0. The molecule has 4 rings (SSSR count). The average molecular weight is 525 g/mol. The summed E-state index contributed by atoms with van der Waals surface area (Å²) < 4.78 is 0. The molecular weight excluding hydrogens is 476 g/mol. The Labute approximate surface area is 228 Å². The highest BCUT2D eigenvalue weighted by Gasteiger charge is 2.25. The van der Waals surface area contributed by atoms with E-state index in [9.17, 15) is 20.4 Å². The quantitative estimate of drug-likeness (QED) is 0.161. The van der Waals surface area contributed by atoms with Crippen molar-refractivity contribution in [3.63, 3.8) is 0 Å². The maximum absolute atomic E-state index is 9.78. The average Bonchev–Trinajstić information content (AvgIpc) is 3.54. The van der Waals surface area contributed by atoms with E-state index in [0.29, 0.717) is 12.1 Å². The van der Waals surface area contributed by atoms with E-state index in [0.717, 1.165) is 24.0 Å². The van der Waals surface area contributed by atoms with Gasteiger partial charge in [-0.3, -0.25) is 0 Å². The molecule has 2 aromatic carbocycles. The van der Waals surface area contributed by atoms with Gasteiger partial charge in [-0.2, -0.15) is 0 Å². The number of nitrogens with zero attached hydrogens (tertiary/aromatic N) is 2. The third kappa shape index (κ3) is 8.54. The number of phenols is 4. The van der Waals surface area contributed by atoms with Crippen LogP contribution in [0.3, 0.4) is 0 Å². The predicted molar refractivity (Wildman–Crippen MR) is 153 cm³/mol. The molecule has 2 saturated heterocycles. The summed E-state index contributed by atoms with van der Waals surface area (Å²) in [6, 6.07) is 11.6. The fourth-order valence-electron chi connectivity index (χ4n) is 6.47. The summed E-state index contributed by atoms with van der Waals surface area (Å²) in [5.74, 6) is -0.108. The largest absolute Gasteiger partial charge is 0.504 e. The van der Waals surface area contributed by atoms with Gasteiger partial charge in [0.2, 0.25) is 0 Å². The van der Waals surface area contributed by atoms with Crippen molar-refractivity contribution >= 4 is 0 Å². The van der Waals surface area contributed by atoms with Gasteiger partial charge in [-0.25, -0.2) is 0 Å². The topological polar surface area (TPSA) is 87.4 Å². The molecule has 0 radical (unpaired) electrons. The van der Waals surface area contributed by atoms with Crippen LogP contribution in [0.25, 0.3) is 0 Å². The maximum Gasteiger partial charge on any atom is 0.157 e. The number of aromatic hydroxyl groups is 4. The number of rotatable bonds is 15. The Morgan fingerprint density at radius 2 is 0.921 bits per heavy atom. The van der Waals surface area contributed by atoms with Crippen molar-refractivity contribution in [3.8, 4) is 23.0 Å². The molecular formula is C32H48N2O4. The zero-order valence-electron chi connectivity index (χ0n) is 23.0. The summed E-state index contributed by atoms with van der Waals surface area (Å²) in [5.41, 5.74) is 2.21. The first-order valence-electron chi connectivity index (χ1n) is 15.0. The van der Waals surface area contributed by atoms with Crippen molar-refractivity contribution in [2.24, 2.45) is 0 Å². The molecule has 0 aromatic heterocycles. The number of phenolic OH excluding ortho intramolecular Hbond substituents is 4. The van der Waals surface area contributed by atoms with E-state index in [1.165, 1.54) is 103 Å². The van der Waals surface area contributed by atoms with Gasteiger partial charge < -0.3 is 30.2 Å². The summed E-state index contributed by atoms with van der Waals surface area (Å²) in [6.45, 7) is 4.72. The molecule has 4 N–H and O–H groups in total. The van der Waals surface area contributed by atoms with Crippen molar-refractivity contribution < 1.29 is 20.4 Å². The number of hydrogen-bond donors (Lipinski definition) is 4. The smallest absolute Gasteiger partial charge is 0.157 e. The van der Waals surface area contributed by atoms with Crippen LogP contribution in [-0.2, 0) is 12.8 Å². The fourth-order valence-corrected chi connectivity index (χ4v) is 6.47. The van der Waals surface area contributed by atoms with Gasteiger partial charge in [0.25, 0.3) is 0 Å². The molecule has 0 amide bonds. The SMILES string of the molecule is Oc1ccc(CC2CCCN2CCCCCCCCCCN2CCCC2Cc2ccc(O)c(O)c2)cc1O. The van der Waals surface area contributed by atoms with E-state index < -0.39 is 0 Å². The fraction of sp³-hybridized carbons (Fsp3) is 0.625. The third-order valence-corrected chi connectivity index (χ3v) is 8.66. The second kappa shape index (κ2) is 14.6. The highest BCUT2D eigenvalue weighted by atomic mass is 16.3. The summed E-state index contributed by atoms with van der Waals surface area (Å²) in [5, 5.41) is 38.6. The molecule has 2 fully saturated rings. The Morgan fingerprint density at radius 1 is 0.526 bits per heavy atom. The highest BCUT2D eigenvalue weighted by molar-refractivity contribution is 5.41. The van der Waals surface area contributed by atoms with Crippen molar-refractivity contribution in [1.82, 2.24) is 9.80 Å². The van der Waals surface area contributed by atoms with Crippen molar-refractivity contribution in [2.45, 2.75) is 102 Å². The third-order valence-electron chi connectivity index (χ3n) is 8.66. The molecule has 210 valence electrons. The molecule has 6 heteroatoms. The van der Waals surface area contributed by atoms with Gasteiger partial charge >= 0.3 is 0 Å².